The monoisotopic (exact) mass is 409 g/mol. The van der Waals surface area contributed by atoms with Gasteiger partial charge in [0, 0.05) is 34.5 Å². The Bertz CT molecular complexity index is 1660. The lowest BCUT2D eigenvalue weighted by atomic mass is 9.96. The summed E-state index contributed by atoms with van der Waals surface area (Å²) >= 11 is 0. The third-order valence-corrected chi connectivity index (χ3v) is 7.67. The van der Waals surface area contributed by atoms with Gasteiger partial charge in [-0.2, -0.15) is 0 Å². The zero-order valence-corrected chi connectivity index (χ0v) is 16.8. The summed E-state index contributed by atoms with van der Waals surface area (Å²) < 4.78 is 11.1. The minimum Gasteiger partial charge on any atom is -0.388 e. The summed E-state index contributed by atoms with van der Waals surface area (Å²) in [6, 6.07) is 16.5. The van der Waals surface area contributed by atoms with Gasteiger partial charge in [-0.3, -0.25) is 4.79 Å². The number of carbonyl (C=O) groups excluding carboxylic acids is 1. The number of ether oxygens (including phenoxy) is 1. The maximum Gasteiger partial charge on any atom is 0.252 e. The molecule has 3 aromatic carbocycles. The zero-order chi connectivity index (χ0) is 20.6. The van der Waals surface area contributed by atoms with Gasteiger partial charge in [-0.15, -0.1) is 0 Å². The van der Waals surface area contributed by atoms with Crippen LogP contribution < -0.4 is 5.32 Å². The number of nitrogens with zero attached hydrogens (tertiary/aromatic N) is 2. The number of carbonyl (C=O) groups is 1. The molecule has 1 fully saturated rings. The predicted molar refractivity (Wildman–Crippen MR) is 118 cm³/mol. The Morgan fingerprint density at radius 2 is 1.74 bits per heavy atom. The van der Waals surface area contributed by atoms with Crippen molar-refractivity contribution in [3.05, 3.63) is 59.7 Å². The van der Waals surface area contributed by atoms with Crippen LogP contribution in [-0.4, -0.2) is 26.3 Å². The van der Waals surface area contributed by atoms with Crippen LogP contribution in [0.2, 0.25) is 0 Å². The molecule has 152 valence electrons. The van der Waals surface area contributed by atoms with Gasteiger partial charge < -0.3 is 24.3 Å². The Hall–Kier alpha value is -3.35. The molecule has 0 spiro atoms. The third-order valence-electron chi connectivity index (χ3n) is 7.67. The van der Waals surface area contributed by atoms with E-state index in [1.54, 1.807) is 0 Å². The van der Waals surface area contributed by atoms with E-state index in [0.29, 0.717) is 13.0 Å². The van der Waals surface area contributed by atoms with Crippen molar-refractivity contribution in [3.8, 4) is 0 Å². The first-order chi connectivity index (χ1) is 15.1. The summed E-state index contributed by atoms with van der Waals surface area (Å²) in [5, 5.41) is 18.5. The van der Waals surface area contributed by atoms with Crippen LogP contribution in [0, 0.1) is 0 Å². The van der Waals surface area contributed by atoms with E-state index in [4.69, 9.17) is 4.74 Å². The number of fused-ring (bicyclic) bond motifs is 13. The molecule has 8 rings (SSSR count). The van der Waals surface area contributed by atoms with E-state index in [0.717, 1.165) is 54.7 Å². The highest BCUT2D eigenvalue weighted by atomic mass is 16.6. The van der Waals surface area contributed by atoms with E-state index < -0.39 is 11.8 Å². The second-order valence-electron chi connectivity index (χ2n) is 9.10. The van der Waals surface area contributed by atoms with Crippen molar-refractivity contribution in [3.63, 3.8) is 0 Å². The second-order valence-corrected chi connectivity index (χ2v) is 9.10. The summed E-state index contributed by atoms with van der Waals surface area (Å²) in [4.78, 5) is 13.1. The number of aromatic nitrogens is 2. The maximum absolute atomic E-state index is 13.1. The molecule has 2 aromatic heterocycles. The Balaban J connectivity index is 1.81. The van der Waals surface area contributed by atoms with Gasteiger partial charge in [0.2, 0.25) is 0 Å². The fourth-order valence-electron chi connectivity index (χ4n) is 6.41. The number of amides is 1. The van der Waals surface area contributed by atoms with Crippen LogP contribution in [0.25, 0.3) is 43.6 Å². The molecule has 3 atom stereocenters. The van der Waals surface area contributed by atoms with Gasteiger partial charge in [0.05, 0.1) is 27.6 Å². The largest absolute Gasteiger partial charge is 0.388 e. The average molecular weight is 409 g/mol. The van der Waals surface area contributed by atoms with Crippen LogP contribution in [-0.2, 0) is 17.0 Å². The summed E-state index contributed by atoms with van der Waals surface area (Å²) in [6.45, 7) is 2.50. The summed E-state index contributed by atoms with van der Waals surface area (Å²) in [5.41, 5.74) is 5.07. The molecule has 6 heteroatoms. The molecule has 6 nitrogen and oxygen atoms in total. The number of aliphatic hydroxyl groups is 1. The van der Waals surface area contributed by atoms with Gasteiger partial charge in [0.15, 0.2) is 5.72 Å². The fraction of sp³-hybridized carbons (Fsp3) is 0.240. The lowest BCUT2D eigenvalue weighted by molar-refractivity contribution is -0.135. The van der Waals surface area contributed by atoms with Crippen LogP contribution in [0.5, 0.6) is 0 Å². The zero-order valence-electron chi connectivity index (χ0n) is 16.8. The Morgan fingerprint density at radius 3 is 2.55 bits per heavy atom. The molecule has 0 aliphatic carbocycles. The molecule has 1 amide bonds. The van der Waals surface area contributed by atoms with E-state index in [1.165, 1.54) is 0 Å². The van der Waals surface area contributed by atoms with Gasteiger partial charge in [0.25, 0.3) is 5.91 Å². The van der Waals surface area contributed by atoms with Crippen LogP contribution >= 0.6 is 0 Å². The molecule has 3 aliphatic heterocycles. The first kappa shape index (κ1) is 16.4. The van der Waals surface area contributed by atoms with Gasteiger partial charge >= 0.3 is 0 Å². The molecule has 1 saturated heterocycles. The van der Waals surface area contributed by atoms with Crippen LogP contribution in [0.1, 0.15) is 35.5 Å². The van der Waals surface area contributed by atoms with E-state index >= 15 is 0 Å². The minimum atomic E-state index is -0.886. The standard InChI is InChI=1S/C25H19N3O3/c1-25-17(29)10-18(31-25)27-15-8-4-2-6-12(15)20-21-14(11-26-24(21)30)19-13-7-3-5-9-16(13)28(25)23(19)22(20)27/h2-9,17-18,29H,10-11H2,1H3,(H,26,30)/t17-,18-,25+/m1/s1. The van der Waals surface area contributed by atoms with Crippen LogP contribution in [0.15, 0.2) is 48.5 Å². The number of aliphatic hydroxyl groups excluding tert-OH is 1. The summed E-state index contributed by atoms with van der Waals surface area (Å²) in [7, 11) is 0. The van der Waals surface area contributed by atoms with Gasteiger partial charge in [-0.1, -0.05) is 36.4 Å². The third kappa shape index (κ3) is 1.60. The summed E-state index contributed by atoms with van der Waals surface area (Å²) in [5.74, 6) is -0.0156. The first-order valence-corrected chi connectivity index (χ1v) is 10.7. The van der Waals surface area contributed by atoms with Gasteiger partial charge in [-0.25, -0.2) is 0 Å². The molecular weight excluding hydrogens is 390 g/mol. The Morgan fingerprint density at radius 1 is 1.03 bits per heavy atom. The van der Waals surface area contributed by atoms with Crippen molar-refractivity contribution in [1.82, 2.24) is 14.5 Å². The van der Waals surface area contributed by atoms with Gasteiger partial charge in [-0.05, 0) is 24.6 Å². The Labute approximate surface area is 176 Å². The maximum atomic E-state index is 13.1. The number of rotatable bonds is 0. The SMILES string of the molecule is C[C@]12O[C@H](C[C@H]1O)n1c3ccccc3c3c4c(c5c6ccccc6n2c5c31)CNC4=O. The normalized spacial score (nSPS) is 26.5. The molecule has 2 N–H and O–H groups in total. The van der Waals surface area contributed by atoms with Crippen molar-refractivity contribution >= 4 is 49.5 Å². The summed E-state index contributed by atoms with van der Waals surface area (Å²) in [6.07, 6.45) is -0.443. The van der Waals surface area contributed by atoms with Crippen molar-refractivity contribution < 1.29 is 14.6 Å². The highest BCUT2D eigenvalue weighted by molar-refractivity contribution is 6.31. The van der Waals surface area contributed by atoms with Crippen LogP contribution in [0.4, 0.5) is 0 Å². The topological polar surface area (TPSA) is 68.4 Å². The molecule has 0 saturated carbocycles. The number of benzene rings is 3. The molecule has 5 heterocycles. The van der Waals surface area contributed by atoms with Crippen molar-refractivity contribution in [2.75, 3.05) is 0 Å². The Kier molecular flexibility index (Phi) is 2.60. The van der Waals surface area contributed by atoms with Crippen molar-refractivity contribution in [2.45, 2.75) is 37.9 Å². The lowest BCUT2D eigenvalue weighted by Gasteiger charge is -2.30. The van der Waals surface area contributed by atoms with Crippen molar-refractivity contribution in [2.24, 2.45) is 0 Å². The van der Waals surface area contributed by atoms with Crippen molar-refractivity contribution in [1.29, 1.82) is 0 Å². The quantitative estimate of drug-likeness (QED) is 0.404. The first-order valence-electron chi connectivity index (χ1n) is 10.7. The van der Waals surface area contributed by atoms with Crippen LogP contribution in [0.3, 0.4) is 0 Å². The minimum absolute atomic E-state index is 0.0156. The predicted octanol–water partition coefficient (Wildman–Crippen LogP) is 4.11. The molecule has 3 aliphatic rings. The van der Waals surface area contributed by atoms with E-state index in [1.807, 2.05) is 31.2 Å². The number of para-hydroxylation sites is 2. The molecule has 0 radical (unpaired) electrons. The number of nitrogens with one attached hydrogen (secondary N) is 1. The van der Waals surface area contributed by atoms with E-state index in [-0.39, 0.29) is 12.1 Å². The number of hydrogen-bond donors (Lipinski definition) is 2. The molecular formula is C25H19N3O3. The highest BCUT2D eigenvalue weighted by Crippen LogP contribution is 2.54. The molecule has 5 aromatic rings. The molecule has 31 heavy (non-hydrogen) atoms. The average Bonchev–Trinajstić information content (AvgIpc) is 3.46. The van der Waals surface area contributed by atoms with Gasteiger partial charge in [0.1, 0.15) is 12.3 Å². The fourth-order valence-corrected chi connectivity index (χ4v) is 6.41. The van der Waals surface area contributed by atoms with E-state index in [2.05, 4.69) is 38.7 Å². The lowest BCUT2D eigenvalue weighted by Crippen LogP contribution is -2.39. The second kappa shape index (κ2) is 4.93. The molecule has 2 bridgehead atoms. The highest BCUT2D eigenvalue weighted by Gasteiger charge is 2.51. The number of hydrogen-bond acceptors (Lipinski definition) is 3. The molecule has 0 unspecified atom stereocenters. The smallest absolute Gasteiger partial charge is 0.252 e. The van der Waals surface area contributed by atoms with E-state index in [9.17, 15) is 9.90 Å².